The molecule has 0 heterocycles. The summed E-state index contributed by atoms with van der Waals surface area (Å²) < 4.78 is 69.7. The number of nitrogens with one attached hydrogen (secondary N) is 1. The molecule has 1 aliphatic rings. The summed E-state index contributed by atoms with van der Waals surface area (Å²) in [6.45, 7) is 0. The summed E-state index contributed by atoms with van der Waals surface area (Å²) in [6, 6.07) is 8.19. The summed E-state index contributed by atoms with van der Waals surface area (Å²) in [6.07, 6.45) is -3.35. The maximum Gasteiger partial charge on any atom is 0.416 e. The number of rotatable bonds is 5. The Hall–Kier alpha value is -2.26. The van der Waals surface area contributed by atoms with Crippen LogP contribution >= 0.6 is 11.6 Å². The minimum Gasteiger partial charge on any atom is -0.496 e. The van der Waals surface area contributed by atoms with E-state index in [1.54, 1.807) is 12.1 Å². The lowest BCUT2D eigenvalue weighted by Crippen LogP contribution is -2.40. The van der Waals surface area contributed by atoms with Crippen molar-refractivity contribution < 1.29 is 31.1 Å². The fraction of sp³-hybridized carbons (Fsp3) is 0.381. The van der Waals surface area contributed by atoms with Crippen LogP contribution in [0.3, 0.4) is 0 Å². The highest BCUT2D eigenvalue weighted by Crippen LogP contribution is 2.34. The van der Waals surface area contributed by atoms with Crippen molar-refractivity contribution >= 4 is 27.3 Å². The first kappa shape index (κ1) is 23.4. The molecule has 1 N–H and O–H groups in total. The van der Waals surface area contributed by atoms with Gasteiger partial charge in [0.05, 0.1) is 28.4 Å². The molecule has 1 fully saturated rings. The van der Waals surface area contributed by atoms with Gasteiger partial charge in [0.2, 0.25) is 0 Å². The number of methoxy groups -OCH3 is 1. The van der Waals surface area contributed by atoms with Crippen LogP contribution in [0.15, 0.2) is 47.4 Å². The highest BCUT2D eigenvalue weighted by Gasteiger charge is 2.35. The number of hydrogen-bond acceptors (Lipinski definition) is 4. The van der Waals surface area contributed by atoms with Crippen molar-refractivity contribution in [1.29, 1.82) is 0 Å². The number of sulfone groups is 1. The number of benzene rings is 2. The summed E-state index contributed by atoms with van der Waals surface area (Å²) >= 11 is 5.91. The normalized spacial score (nSPS) is 19.6. The summed E-state index contributed by atoms with van der Waals surface area (Å²) in [5.41, 5.74) is -0.683. The van der Waals surface area contributed by atoms with E-state index in [1.807, 2.05) is 0 Å². The van der Waals surface area contributed by atoms with Gasteiger partial charge in [0, 0.05) is 11.1 Å². The number of hydrogen-bond donors (Lipinski definition) is 1. The molecule has 0 spiro atoms. The highest BCUT2D eigenvalue weighted by atomic mass is 35.5. The van der Waals surface area contributed by atoms with Crippen LogP contribution in [0.5, 0.6) is 5.75 Å². The van der Waals surface area contributed by atoms with E-state index in [0.29, 0.717) is 35.2 Å². The number of ether oxygens (including phenoxy) is 1. The van der Waals surface area contributed by atoms with Crippen LogP contribution < -0.4 is 10.1 Å². The fourth-order valence-corrected chi connectivity index (χ4v) is 5.67. The van der Waals surface area contributed by atoms with Crippen LogP contribution in [0, 0.1) is 0 Å². The fourth-order valence-electron chi connectivity index (χ4n) is 3.68. The molecule has 3 rings (SSSR count). The van der Waals surface area contributed by atoms with E-state index in [1.165, 1.54) is 19.2 Å². The summed E-state index contributed by atoms with van der Waals surface area (Å²) in [4.78, 5) is 12.2. The summed E-state index contributed by atoms with van der Waals surface area (Å²) in [5.74, 6) is -0.0384. The van der Waals surface area contributed by atoms with E-state index in [4.69, 9.17) is 16.3 Å². The molecule has 0 aromatic heterocycles. The third-order valence-corrected chi connectivity index (χ3v) is 7.84. The number of carbonyl (C=O) groups excluding carboxylic acids is 1. The second-order valence-electron chi connectivity index (χ2n) is 7.36. The molecule has 0 atom stereocenters. The number of halogens is 4. The third kappa shape index (κ3) is 5.33. The molecular weight excluding hydrogens is 455 g/mol. The molecule has 0 unspecified atom stereocenters. The Morgan fingerprint density at radius 3 is 2.39 bits per heavy atom. The van der Waals surface area contributed by atoms with Gasteiger partial charge in [-0.3, -0.25) is 4.79 Å². The topological polar surface area (TPSA) is 72.5 Å². The van der Waals surface area contributed by atoms with Gasteiger partial charge in [-0.25, -0.2) is 8.42 Å². The van der Waals surface area contributed by atoms with Gasteiger partial charge in [-0.15, -0.1) is 0 Å². The molecule has 0 aliphatic heterocycles. The molecule has 0 saturated heterocycles. The van der Waals surface area contributed by atoms with E-state index in [2.05, 4.69) is 5.32 Å². The van der Waals surface area contributed by atoms with Gasteiger partial charge >= 0.3 is 6.18 Å². The quantitative estimate of drug-likeness (QED) is 0.668. The van der Waals surface area contributed by atoms with E-state index < -0.39 is 26.8 Å². The molecule has 1 amide bonds. The van der Waals surface area contributed by atoms with Crippen LogP contribution in [0.2, 0.25) is 5.02 Å². The SMILES string of the molecule is COc1cc(Cl)ccc1C(=O)N[C@H]1CC[C@H](S(=O)(=O)c2cccc(C(F)(F)F)c2)CC1. The zero-order chi connectivity index (χ0) is 22.8. The summed E-state index contributed by atoms with van der Waals surface area (Å²) in [7, 11) is -2.49. The Kier molecular flexibility index (Phi) is 6.85. The van der Waals surface area contributed by atoms with Gasteiger partial charge in [-0.1, -0.05) is 17.7 Å². The Morgan fingerprint density at radius 1 is 1.10 bits per heavy atom. The summed E-state index contributed by atoms with van der Waals surface area (Å²) in [5, 5.41) is 2.49. The molecule has 10 heteroatoms. The predicted octanol–water partition coefficient (Wildman–Crippen LogP) is 4.88. The Bertz CT molecular complexity index is 1060. The van der Waals surface area contributed by atoms with Gasteiger partial charge < -0.3 is 10.1 Å². The van der Waals surface area contributed by atoms with Crippen LogP contribution in [0.4, 0.5) is 13.2 Å². The van der Waals surface area contributed by atoms with E-state index in [0.717, 1.165) is 12.1 Å². The number of alkyl halides is 3. The molecule has 0 bridgehead atoms. The van der Waals surface area contributed by atoms with Gasteiger partial charge in [-0.2, -0.15) is 13.2 Å². The molecule has 31 heavy (non-hydrogen) atoms. The zero-order valence-corrected chi connectivity index (χ0v) is 18.2. The predicted molar refractivity (Wildman–Crippen MR) is 110 cm³/mol. The van der Waals surface area contributed by atoms with Crippen molar-refractivity contribution in [3.05, 3.63) is 58.6 Å². The average Bonchev–Trinajstić information content (AvgIpc) is 2.73. The van der Waals surface area contributed by atoms with E-state index in [9.17, 15) is 26.4 Å². The van der Waals surface area contributed by atoms with Crippen LogP contribution in [0.25, 0.3) is 0 Å². The van der Waals surface area contributed by atoms with Crippen LogP contribution in [0.1, 0.15) is 41.6 Å². The number of carbonyl (C=O) groups is 1. The maximum absolute atomic E-state index is 12.9. The molecule has 1 aliphatic carbocycles. The first-order chi connectivity index (χ1) is 14.5. The van der Waals surface area contributed by atoms with Gasteiger partial charge in [0.25, 0.3) is 5.91 Å². The molecule has 2 aromatic carbocycles. The smallest absolute Gasteiger partial charge is 0.416 e. The van der Waals surface area contributed by atoms with Crippen molar-refractivity contribution in [3.8, 4) is 5.75 Å². The average molecular weight is 476 g/mol. The highest BCUT2D eigenvalue weighted by molar-refractivity contribution is 7.92. The largest absolute Gasteiger partial charge is 0.496 e. The van der Waals surface area contributed by atoms with Crippen LogP contribution in [-0.4, -0.2) is 32.7 Å². The standard InChI is InChI=1S/C21H21ClF3NO4S/c1-30-19-12-14(22)5-10-18(19)20(27)26-15-6-8-16(9-7-15)31(28,29)17-4-2-3-13(11-17)21(23,24)25/h2-5,10-12,15-16H,6-9H2,1H3,(H,26,27)/t15-,16-. The second-order valence-corrected chi connectivity index (χ2v) is 10.0. The Balaban J connectivity index is 1.66. The van der Waals surface area contributed by atoms with Gasteiger partial charge in [0.1, 0.15) is 5.75 Å². The van der Waals surface area contributed by atoms with Gasteiger partial charge in [-0.05, 0) is 62.1 Å². The Labute approximate surface area is 183 Å². The minimum atomic E-state index is -4.61. The molecule has 2 aromatic rings. The lowest BCUT2D eigenvalue weighted by Gasteiger charge is -2.29. The lowest BCUT2D eigenvalue weighted by atomic mass is 9.94. The second kappa shape index (κ2) is 9.08. The zero-order valence-electron chi connectivity index (χ0n) is 16.6. The van der Waals surface area contributed by atoms with Gasteiger partial charge in [0.15, 0.2) is 9.84 Å². The van der Waals surface area contributed by atoms with Crippen molar-refractivity contribution in [1.82, 2.24) is 5.32 Å². The number of amides is 1. The first-order valence-corrected chi connectivity index (χ1v) is 11.5. The molecule has 0 radical (unpaired) electrons. The molecule has 168 valence electrons. The van der Waals surface area contributed by atoms with E-state index in [-0.39, 0.29) is 29.7 Å². The minimum absolute atomic E-state index is 0.237. The van der Waals surface area contributed by atoms with Crippen LogP contribution in [-0.2, 0) is 16.0 Å². The van der Waals surface area contributed by atoms with Crippen molar-refractivity contribution in [2.75, 3.05) is 7.11 Å². The Morgan fingerprint density at radius 2 is 1.77 bits per heavy atom. The van der Waals surface area contributed by atoms with E-state index >= 15 is 0 Å². The van der Waals surface area contributed by atoms with Crippen molar-refractivity contribution in [2.45, 2.75) is 48.0 Å². The molecular formula is C21H21ClF3NO4S. The monoisotopic (exact) mass is 475 g/mol. The van der Waals surface area contributed by atoms with Crippen molar-refractivity contribution in [2.24, 2.45) is 0 Å². The van der Waals surface area contributed by atoms with Crippen molar-refractivity contribution in [3.63, 3.8) is 0 Å². The maximum atomic E-state index is 12.9. The third-order valence-electron chi connectivity index (χ3n) is 5.35. The molecule has 5 nitrogen and oxygen atoms in total. The lowest BCUT2D eigenvalue weighted by molar-refractivity contribution is -0.137. The first-order valence-electron chi connectivity index (χ1n) is 9.58. The molecule has 1 saturated carbocycles.